The first-order chi connectivity index (χ1) is 8.22. The molecular weight excluding hydrogens is 306 g/mol. The second-order valence-electron chi connectivity index (χ2n) is 3.63. The maximum atomic E-state index is 11.1. The van der Waals surface area contributed by atoms with Crippen molar-refractivity contribution in [1.29, 1.82) is 0 Å². The number of halogens is 3. The van der Waals surface area contributed by atoms with Crippen LogP contribution in [-0.2, 0) is 9.53 Å². The first kappa shape index (κ1) is 17.6. The molecule has 0 saturated carbocycles. The number of carboxylic acids is 1. The van der Waals surface area contributed by atoms with Gasteiger partial charge in [0.15, 0.2) is 0 Å². The number of carboxylic acid groups (broad SMARTS) is 1. The molecule has 0 unspecified atom stereocenters. The predicted octanol–water partition coefficient (Wildman–Crippen LogP) is -0.387. The van der Waals surface area contributed by atoms with E-state index in [1.54, 1.807) is 0 Å². The van der Waals surface area contributed by atoms with Gasteiger partial charge in [0.25, 0.3) is 0 Å². The summed E-state index contributed by atoms with van der Waals surface area (Å²) in [6, 6.07) is -0.735. The average molecular weight is 322 g/mol. The van der Waals surface area contributed by atoms with Crippen LogP contribution in [0.25, 0.3) is 0 Å². The lowest BCUT2D eigenvalue weighted by atomic mass is 10.1. The molecule has 0 bridgehead atoms. The second kappa shape index (κ2) is 8.63. The standard InChI is InChI=1S/C9H15Cl3N2O4/c10-9(11,12)5-18-8(17)14-4-2-1-3-6(13)7(15)16/h6H,1-5,13H2,(H,14,17)(H,15,16)/t6-/m1/s1. The molecule has 0 aliphatic carbocycles. The van der Waals surface area contributed by atoms with Gasteiger partial charge >= 0.3 is 6.09 Å². The first-order valence-corrected chi connectivity index (χ1v) is 6.37. The summed E-state index contributed by atoms with van der Waals surface area (Å²) < 4.78 is 2.98. The third-order valence-electron chi connectivity index (χ3n) is 1.95. The van der Waals surface area contributed by atoms with E-state index in [0.717, 1.165) is 0 Å². The first-order valence-electron chi connectivity index (χ1n) is 5.23. The van der Waals surface area contributed by atoms with Crippen molar-refractivity contribution in [3.8, 4) is 0 Å². The number of carbonyl (C=O) groups is 2. The van der Waals surface area contributed by atoms with Crippen LogP contribution in [0.15, 0.2) is 0 Å². The Labute approximate surface area is 120 Å². The number of aliphatic carboxylic acids is 1. The van der Waals surface area contributed by atoms with E-state index >= 15 is 0 Å². The number of alkyl halides is 3. The van der Waals surface area contributed by atoms with Crippen molar-refractivity contribution in [2.75, 3.05) is 13.2 Å². The smallest absolute Gasteiger partial charge is 0.407 e. The zero-order valence-electron chi connectivity index (χ0n) is 9.59. The molecule has 0 aliphatic heterocycles. The Morgan fingerprint density at radius 3 is 2.44 bits per heavy atom. The van der Waals surface area contributed by atoms with Crippen molar-refractivity contribution in [2.45, 2.75) is 29.1 Å². The number of hydrogen-bond acceptors (Lipinski definition) is 4. The number of rotatable bonds is 7. The number of carbonyl (C=O) groups excluding carboxylic acids is 2. The highest BCUT2D eigenvalue weighted by Crippen LogP contribution is 2.25. The Balaban J connectivity index is 3.49. The third kappa shape index (κ3) is 10.7. The van der Waals surface area contributed by atoms with E-state index < -0.39 is 21.9 Å². The van der Waals surface area contributed by atoms with E-state index in [1.165, 1.54) is 0 Å². The van der Waals surface area contributed by atoms with Crippen LogP contribution in [0.5, 0.6) is 0 Å². The Morgan fingerprint density at radius 1 is 1.33 bits per heavy atom. The zero-order valence-corrected chi connectivity index (χ0v) is 11.9. The molecule has 0 rings (SSSR count). The van der Waals surface area contributed by atoms with E-state index in [-0.39, 0.29) is 6.61 Å². The van der Waals surface area contributed by atoms with Crippen LogP contribution >= 0.6 is 34.8 Å². The van der Waals surface area contributed by atoms with Crippen LogP contribution in [0.4, 0.5) is 4.79 Å². The summed E-state index contributed by atoms with van der Waals surface area (Å²) in [6.07, 6.45) is 0.912. The lowest BCUT2D eigenvalue weighted by Gasteiger charge is -2.12. The van der Waals surface area contributed by atoms with Crippen molar-refractivity contribution in [3.63, 3.8) is 0 Å². The van der Waals surface area contributed by atoms with Gasteiger partial charge in [-0.2, -0.15) is 0 Å². The number of nitrogens with one attached hydrogen (secondary N) is 1. The van der Waals surface area contributed by atoms with Crippen molar-refractivity contribution in [2.24, 2.45) is 0 Å². The zero-order chi connectivity index (χ0) is 14.2. The minimum absolute atomic E-state index is 0.338. The van der Waals surface area contributed by atoms with E-state index in [1.807, 2.05) is 0 Å². The van der Waals surface area contributed by atoms with Crippen LogP contribution in [0, 0.1) is 0 Å². The molecule has 106 valence electrons. The molecule has 0 radical (unpaired) electrons. The van der Waals surface area contributed by atoms with Crippen molar-refractivity contribution < 1.29 is 25.2 Å². The number of alkyl carbamates (subject to hydrolysis) is 1. The van der Waals surface area contributed by atoms with Crippen molar-refractivity contribution >= 4 is 46.9 Å². The normalized spacial score (nSPS) is 12.9. The third-order valence-corrected chi connectivity index (χ3v) is 2.28. The molecule has 9 heteroatoms. The quantitative estimate of drug-likeness (QED) is 0.492. The van der Waals surface area contributed by atoms with Crippen molar-refractivity contribution in [3.05, 3.63) is 0 Å². The lowest BCUT2D eigenvalue weighted by molar-refractivity contribution is -0.438. The van der Waals surface area contributed by atoms with Gasteiger partial charge in [0.2, 0.25) is 3.79 Å². The molecule has 0 heterocycles. The van der Waals surface area contributed by atoms with Gasteiger partial charge in [-0.3, -0.25) is 0 Å². The second-order valence-corrected chi connectivity index (χ2v) is 6.15. The molecule has 0 aromatic heterocycles. The molecule has 0 aromatic carbocycles. The maximum Gasteiger partial charge on any atom is 0.407 e. The number of quaternary nitrogens is 1. The van der Waals surface area contributed by atoms with Crippen LogP contribution in [0.3, 0.4) is 0 Å². The van der Waals surface area contributed by atoms with Gasteiger partial charge in [0, 0.05) is 13.0 Å². The molecule has 0 spiro atoms. The monoisotopic (exact) mass is 320 g/mol. The van der Waals surface area contributed by atoms with Gasteiger partial charge in [-0.05, 0) is 12.8 Å². The predicted molar refractivity (Wildman–Crippen MR) is 65.2 cm³/mol. The Kier molecular flexibility index (Phi) is 8.43. The molecular formula is C9H15Cl3N2O4. The summed E-state index contributed by atoms with van der Waals surface area (Å²) in [6.45, 7) is 0.00754. The molecule has 18 heavy (non-hydrogen) atoms. The van der Waals surface area contributed by atoms with Gasteiger partial charge in [-0.1, -0.05) is 34.8 Å². The number of unbranched alkanes of at least 4 members (excludes halogenated alkanes) is 1. The van der Waals surface area contributed by atoms with Gasteiger partial charge in [-0.15, -0.1) is 0 Å². The highest BCUT2D eigenvalue weighted by molar-refractivity contribution is 6.67. The highest BCUT2D eigenvalue weighted by atomic mass is 35.6. The fourth-order valence-electron chi connectivity index (χ4n) is 1.02. The molecule has 0 saturated heterocycles. The van der Waals surface area contributed by atoms with Crippen molar-refractivity contribution in [1.82, 2.24) is 5.32 Å². The van der Waals surface area contributed by atoms with Crippen LogP contribution in [0.1, 0.15) is 19.3 Å². The summed E-state index contributed by atoms with van der Waals surface area (Å²) in [4.78, 5) is 21.4. The molecule has 0 fully saturated rings. The Hall–Kier alpha value is -0.430. The number of ether oxygens (including phenoxy) is 1. The van der Waals surface area contributed by atoms with E-state index in [2.05, 4.69) is 15.8 Å². The molecule has 0 aromatic rings. The Morgan fingerprint density at radius 2 is 1.94 bits per heavy atom. The molecule has 6 nitrogen and oxygen atoms in total. The van der Waals surface area contributed by atoms with Gasteiger partial charge < -0.3 is 25.7 Å². The van der Waals surface area contributed by atoms with Crippen LogP contribution in [-0.4, -0.2) is 35.0 Å². The summed E-state index contributed by atoms with van der Waals surface area (Å²) in [5.74, 6) is -1.18. The summed E-state index contributed by atoms with van der Waals surface area (Å²) in [7, 11) is 0. The number of hydrogen-bond donors (Lipinski definition) is 2. The van der Waals surface area contributed by atoms with E-state index in [9.17, 15) is 14.7 Å². The van der Waals surface area contributed by atoms with Gasteiger partial charge in [0.05, 0.1) is 5.97 Å². The molecule has 0 aliphatic rings. The Bertz CT molecular complexity index is 283. The lowest BCUT2D eigenvalue weighted by Crippen LogP contribution is -2.68. The van der Waals surface area contributed by atoms with Gasteiger partial charge in [-0.25, -0.2) is 4.79 Å². The summed E-state index contributed by atoms with van der Waals surface area (Å²) in [5, 5.41) is 12.8. The fraction of sp³-hybridized carbons (Fsp3) is 0.778. The fourth-order valence-corrected chi connectivity index (χ4v) is 1.19. The van der Waals surface area contributed by atoms with Crippen LogP contribution in [0.2, 0.25) is 0 Å². The molecule has 4 N–H and O–H groups in total. The largest absolute Gasteiger partial charge is 0.544 e. The maximum absolute atomic E-state index is 11.1. The van der Waals surface area contributed by atoms with E-state index in [0.29, 0.717) is 25.8 Å². The minimum atomic E-state index is -1.63. The molecule has 1 atom stereocenters. The average Bonchev–Trinajstić information content (AvgIpc) is 2.24. The number of amides is 1. The minimum Gasteiger partial charge on any atom is -0.544 e. The van der Waals surface area contributed by atoms with Gasteiger partial charge in [0.1, 0.15) is 12.6 Å². The molecule has 1 amide bonds. The van der Waals surface area contributed by atoms with Crippen LogP contribution < -0.4 is 16.2 Å². The van der Waals surface area contributed by atoms with E-state index in [4.69, 9.17) is 34.8 Å². The SMILES string of the molecule is [NH3+][C@H](CCCCNC(=O)OCC(Cl)(Cl)Cl)C(=O)[O-]. The summed E-state index contributed by atoms with van der Waals surface area (Å²) >= 11 is 16.1. The highest BCUT2D eigenvalue weighted by Gasteiger charge is 2.21. The topological polar surface area (TPSA) is 106 Å². The summed E-state index contributed by atoms with van der Waals surface area (Å²) in [5.41, 5.74) is 3.41.